The summed E-state index contributed by atoms with van der Waals surface area (Å²) >= 11 is 0. The average molecular weight is 328 g/mol. The Morgan fingerprint density at radius 1 is 1.21 bits per heavy atom. The molecule has 0 aliphatic heterocycles. The van der Waals surface area contributed by atoms with E-state index in [0.717, 1.165) is 12.0 Å². The molecule has 0 aliphatic carbocycles. The molecule has 1 heterocycles. The quantitative estimate of drug-likeness (QED) is 0.817. The van der Waals surface area contributed by atoms with Gasteiger partial charge in [-0.05, 0) is 29.9 Å². The van der Waals surface area contributed by atoms with E-state index in [9.17, 15) is 9.59 Å². The molecule has 128 valence electrons. The number of aromatic nitrogens is 2. The number of primary amides is 1. The Balaban J connectivity index is 1.90. The first kappa shape index (κ1) is 17.7. The lowest BCUT2D eigenvalue weighted by atomic mass is 10.0. The molecule has 24 heavy (non-hydrogen) atoms. The van der Waals surface area contributed by atoms with Gasteiger partial charge in [-0.25, -0.2) is 0 Å². The van der Waals surface area contributed by atoms with E-state index in [4.69, 9.17) is 5.73 Å². The highest BCUT2D eigenvalue weighted by molar-refractivity contribution is 6.01. The minimum atomic E-state index is -0.661. The molecule has 0 saturated carbocycles. The van der Waals surface area contributed by atoms with E-state index < -0.39 is 5.91 Å². The van der Waals surface area contributed by atoms with Crippen LogP contribution in [0.3, 0.4) is 0 Å². The fourth-order valence-corrected chi connectivity index (χ4v) is 2.55. The zero-order valence-electron chi connectivity index (χ0n) is 14.4. The first-order valence-corrected chi connectivity index (χ1v) is 8.06. The van der Waals surface area contributed by atoms with Crippen molar-refractivity contribution in [3.8, 4) is 0 Å². The summed E-state index contributed by atoms with van der Waals surface area (Å²) in [5.74, 6) is -0.205. The smallest absolute Gasteiger partial charge is 0.271 e. The van der Waals surface area contributed by atoms with Crippen LogP contribution in [0.25, 0.3) is 0 Å². The predicted molar refractivity (Wildman–Crippen MR) is 93.7 cm³/mol. The minimum Gasteiger partial charge on any atom is -0.364 e. The molecule has 6 nitrogen and oxygen atoms in total. The number of carbonyl (C=O) groups excluding carboxylic acids is 2. The van der Waals surface area contributed by atoms with Gasteiger partial charge in [-0.2, -0.15) is 5.10 Å². The van der Waals surface area contributed by atoms with Crippen molar-refractivity contribution >= 4 is 17.5 Å². The molecule has 2 rings (SSSR count). The Morgan fingerprint density at radius 2 is 1.83 bits per heavy atom. The van der Waals surface area contributed by atoms with E-state index in [0.29, 0.717) is 24.4 Å². The highest BCUT2D eigenvalue weighted by atomic mass is 16.2. The summed E-state index contributed by atoms with van der Waals surface area (Å²) < 4.78 is 1.45. The van der Waals surface area contributed by atoms with Crippen LogP contribution in [0, 0.1) is 5.92 Å². The average Bonchev–Trinajstić information content (AvgIpc) is 2.87. The van der Waals surface area contributed by atoms with E-state index in [1.54, 1.807) is 13.2 Å². The van der Waals surface area contributed by atoms with Crippen LogP contribution in [-0.2, 0) is 24.7 Å². The second-order valence-corrected chi connectivity index (χ2v) is 6.39. The summed E-state index contributed by atoms with van der Waals surface area (Å²) in [5.41, 5.74) is 8.09. The Kier molecular flexibility index (Phi) is 5.73. The van der Waals surface area contributed by atoms with Gasteiger partial charge < -0.3 is 11.1 Å². The van der Waals surface area contributed by atoms with E-state index >= 15 is 0 Å². The molecule has 0 radical (unpaired) electrons. The van der Waals surface area contributed by atoms with Gasteiger partial charge in [0.25, 0.3) is 5.91 Å². The molecule has 0 fully saturated rings. The standard InChI is InChI=1S/C18H24N4O2/c1-12(2)10-14-6-4-13(5-7-14)8-9-16(23)20-15-11-22(3)21-17(15)18(19)24/h4-7,11-12H,8-10H2,1-3H3,(H2,19,24)(H,20,23). The maximum Gasteiger partial charge on any atom is 0.271 e. The van der Waals surface area contributed by atoms with Crippen LogP contribution >= 0.6 is 0 Å². The summed E-state index contributed by atoms with van der Waals surface area (Å²) in [7, 11) is 1.67. The molecule has 0 bridgehead atoms. The molecule has 0 unspecified atom stereocenters. The monoisotopic (exact) mass is 328 g/mol. The molecule has 1 aromatic carbocycles. The van der Waals surface area contributed by atoms with Gasteiger partial charge in [-0.1, -0.05) is 38.1 Å². The van der Waals surface area contributed by atoms with Crippen molar-refractivity contribution in [3.63, 3.8) is 0 Å². The number of benzene rings is 1. The van der Waals surface area contributed by atoms with Crippen LogP contribution in [0.5, 0.6) is 0 Å². The van der Waals surface area contributed by atoms with Crippen molar-refractivity contribution in [2.24, 2.45) is 18.7 Å². The van der Waals surface area contributed by atoms with Gasteiger partial charge in [0.2, 0.25) is 5.91 Å². The topological polar surface area (TPSA) is 90.0 Å². The Morgan fingerprint density at radius 3 is 2.42 bits per heavy atom. The van der Waals surface area contributed by atoms with Gasteiger partial charge in [-0.3, -0.25) is 14.3 Å². The lowest BCUT2D eigenvalue weighted by molar-refractivity contribution is -0.116. The van der Waals surface area contributed by atoms with Crippen LogP contribution in [0.4, 0.5) is 5.69 Å². The normalized spacial score (nSPS) is 10.8. The first-order valence-electron chi connectivity index (χ1n) is 8.06. The van der Waals surface area contributed by atoms with Crippen LogP contribution in [-0.4, -0.2) is 21.6 Å². The molecule has 3 N–H and O–H groups in total. The van der Waals surface area contributed by atoms with Gasteiger partial charge in [0.05, 0.1) is 5.69 Å². The molecule has 0 saturated heterocycles. The Labute approximate surface area is 142 Å². The summed E-state index contributed by atoms with van der Waals surface area (Å²) in [6.07, 6.45) is 3.59. The number of rotatable bonds is 7. The number of carbonyl (C=O) groups is 2. The van der Waals surface area contributed by atoms with Gasteiger partial charge in [-0.15, -0.1) is 0 Å². The van der Waals surface area contributed by atoms with E-state index in [1.807, 2.05) is 0 Å². The maximum absolute atomic E-state index is 12.1. The number of aryl methyl sites for hydroxylation is 2. The molecule has 0 atom stereocenters. The summed E-state index contributed by atoms with van der Waals surface area (Å²) in [6, 6.07) is 8.34. The molecule has 2 amide bonds. The van der Waals surface area contributed by atoms with Crippen molar-refractivity contribution in [2.45, 2.75) is 33.1 Å². The van der Waals surface area contributed by atoms with Crippen LogP contribution in [0.1, 0.15) is 41.9 Å². The summed E-state index contributed by atoms with van der Waals surface area (Å²) in [6.45, 7) is 4.38. The van der Waals surface area contributed by atoms with E-state index in [-0.39, 0.29) is 11.6 Å². The highest BCUT2D eigenvalue weighted by Crippen LogP contribution is 2.14. The second-order valence-electron chi connectivity index (χ2n) is 6.39. The largest absolute Gasteiger partial charge is 0.364 e. The van der Waals surface area contributed by atoms with Crippen molar-refractivity contribution in [1.29, 1.82) is 0 Å². The van der Waals surface area contributed by atoms with Gasteiger partial charge in [0.1, 0.15) is 0 Å². The third kappa shape index (κ3) is 4.94. The van der Waals surface area contributed by atoms with Crippen molar-refractivity contribution in [2.75, 3.05) is 5.32 Å². The number of nitrogens with two attached hydrogens (primary N) is 1. The minimum absolute atomic E-state index is 0.0730. The second kappa shape index (κ2) is 7.77. The van der Waals surface area contributed by atoms with Crippen LogP contribution in [0.15, 0.2) is 30.5 Å². The van der Waals surface area contributed by atoms with E-state index in [2.05, 4.69) is 48.5 Å². The number of nitrogens with zero attached hydrogens (tertiary/aromatic N) is 2. The molecule has 0 aliphatic rings. The molecular formula is C18H24N4O2. The third-order valence-electron chi connectivity index (χ3n) is 3.64. The molecule has 6 heteroatoms. The van der Waals surface area contributed by atoms with Crippen molar-refractivity contribution < 1.29 is 9.59 Å². The number of nitrogens with one attached hydrogen (secondary N) is 1. The summed E-state index contributed by atoms with van der Waals surface area (Å²) in [4.78, 5) is 23.4. The van der Waals surface area contributed by atoms with Crippen LogP contribution < -0.4 is 11.1 Å². The van der Waals surface area contributed by atoms with Crippen molar-refractivity contribution in [1.82, 2.24) is 9.78 Å². The maximum atomic E-state index is 12.1. The fraction of sp³-hybridized carbons (Fsp3) is 0.389. The molecule has 1 aromatic heterocycles. The molecule has 0 spiro atoms. The predicted octanol–water partition coefficient (Wildman–Crippen LogP) is 2.29. The Hall–Kier alpha value is -2.63. The SMILES string of the molecule is CC(C)Cc1ccc(CCC(=O)Nc2cn(C)nc2C(N)=O)cc1. The van der Waals surface area contributed by atoms with Crippen molar-refractivity contribution in [3.05, 3.63) is 47.3 Å². The number of amides is 2. The summed E-state index contributed by atoms with van der Waals surface area (Å²) in [5, 5.41) is 6.64. The number of hydrogen-bond acceptors (Lipinski definition) is 3. The van der Waals surface area contributed by atoms with Crippen LogP contribution in [0.2, 0.25) is 0 Å². The lowest BCUT2D eigenvalue weighted by Crippen LogP contribution is -2.18. The zero-order chi connectivity index (χ0) is 17.7. The zero-order valence-corrected chi connectivity index (χ0v) is 14.4. The fourth-order valence-electron chi connectivity index (χ4n) is 2.55. The molecular weight excluding hydrogens is 304 g/mol. The highest BCUT2D eigenvalue weighted by Gasteiger charge is 2.15. The molecule has 2 aromatic rings. The first-order chi connectivity index (χ1) is 11.3. The number of anilines is 1. The van der Waals surface area contributed by atoms with Gasteiger partial charge >= 0.3 is 0 Å². The third-order valence-corrected chi connectivity index (χ3v) is 3.64. The van der Waals surface area contributed by atoms with E-state index in [1.165, 1.54) is 10.2 Å². The van der Waals surface area contributed by atoms with Gasteiger partial charge in [0, 0.05) is 19.7 Å². The lowest BCUT2D eigenvalue weighted by Gasteiger charge is -2.07. The van der Waals surface area contributed by atoms with Gasteiger partial charge in [0.15, 0.2) is 5.69 Å². The Bertz CT molecular complexity index is 717. The number of hydrogen-bond donors (Lipinski definition) is 2.